The number of carboxylic acid groups (broad SMARTS) is 1. The molecule has 0 aromatic rings. The topological polar surface area (TPSA) is 70.1 Å². The highest BCUT2D eigenvalue weighted by Gasteiger charge is 2.45. The molecule has 1 N–H and O–H groups in total. The van der Waals surface area contributed by atoms with Gasteiger partial charge >= 0.3 is 12.1 Å². The van der Waals surface area contributed by atoms with Crippen LogP contribution in [0.3, 0.4) is 0 Å². The van der Waals surface area contributed by atoms with Gasteiger partial charge in [0.05, 0.1) is 18.1 Å². The molecule has 2 aliphatic heterocycles. The molecular formula is C15H25F3N2O4. The molecule has 0 aliphatic carbocycles. The number of alkyl halides is 3. The third kappa shape index (κ3) is 5.94. The van der Waals surface area contributed by atoms with Crippen LogP contribution in [0.25, 0.3) is 0 Å². The van der Waals surface area contributed by atoms with E-state index in [4.69, 9.17) is 14.6 Å². The summed E-state index contributed by atoms with van der Waals surface area (Å²) in [6.45, 7) is 7.49. The molecule has 0 aromatic heterocycles. The summed E-state index contributed by atoms with van der Waals surface area (Å²) in [6, 6.07) is 0. The highest BCUT2D eigenvalue weighted by atomic mass is 19.4. The summed E-state index contributed by atoms with van der Waals surface area (Å²) in [5.41, 5.74) is 0. The van der Waals surface area contributed by atoms with Crippen LogP contribution < -0.4 is 0 Å². The molecule has 2 fully saturated rings. The van der Waals surface area contributed by atoms with Gasteiger partial charge in [0.1, 0.15) is 0 Å². The van der Waals surface area contributed by atoms with E-state index in [0.717, 1.165) is 26.1 Å². The van der Waals surface area contributed by atoms with Crippen molar-refractivity contribution in [1.82, 2.24) is 9.80 Å². The molecule has 2 aliphatic rings. The number of morpholine rings is 1. The Kier molecular flexibility index (Phi) is 7.03. The van der Waals surface area contributed by atoms with Crippen LogP contribution in [0.15, 0.2) is 0 Å². The van der Waals surface area contributed by atoms with Crippen LogP contribution in [0.5, 0.6) is 0 Å². The minimum atomic E-state index is -5.08. The Labute approximate surface area is 139 Å². The molecule has 0 aromatic carbocycles. The van der Waals surface area contributed by atoms with Crippen molar-refractivity contribution in [3.63, 3.8) is 0 Å². The molecule has 2 heterocycles. The van der Waals surface area contributed by atoms with Gasteiger partial charge in [-0.15, -0.1) is 0 Å². The molecule has 2 rings (SSSR count). The number of likely N-dealkylation sites (tertiary alicyclic amines) is 1. The van der Waals surface area contributed by atoms with Gasteiger partial charge in [0, 0.05) is 33.7 Å². The van der Waals surface area contributed by atoms with E-state index in [9.17, 15) is 18.0 Å². The standard InChI is InChI=1S/C13H24N2O2.C2HF3O2/c1-9(2)6-15-7-10-5-11(12(8-15)17-10)13(16)14(3)4;3-2(4,5)1(6)7/h9-12H,5-8H2,1-4H3;(H,6,7)/t10-,11+,12-;/m1./s1. The Balaban J connectivity index is 0.000000351. The molecule has 6 nitrogen and oxygen atoms in total. The molecule has 2 saturated heterocycles. The molecule has 140 valence electrons. The van der Waals surface area contributed by atoms with Crippen molar-refractivity contribution in [1.29, 1.82) is 0 Å². The summed E-state index contributed by atoms with van der Waals surface area (Å²) >= 11 is 0. The first-order valence-corrected chi connectivity index (χ1v) is 7.80. The van der Waals surface area contributed by atoms with Gasteiger partial charge in [-0.3, -0.25) is 9.69 Å². The minimum absolute atomic E-state index is 0.0761. The molecule has 0 saturated carbocycles. The average Bonchev–Trinajstić information content (AvgIpc) is 2.71. The van der Waals surface area contributed by atoms with E-state index in [2.05, 4.69) is 18.7 Å². The molecule has 0 unspecified atom stereocenters. The molecule has 24 heavy (non-hydrogen) atoms. The first-order valence-electron chi connectivity index (χ1n) is 7.80. The number of amides is 1. The van der Waals surface area contributed by atoms with Gasteiger partial charge < -0.3 is 14.7 Å². The fraction of sp³-hybridized carbons (Fsp3) is 0.867. The van der Waals surface area contributed by atoms with Crippen LogP contribution in [0.1, 0.15) is 20.3 Å². The zero-order chi connectivity index (χ0) is 18.7. The number of hydrogen-bond acceptors (Lipinski definition) is 4. The van der Waals surface area contributed by atoms with Crippen LogP contribution in [0.2, 0.25) is 0 Å². The predicted molar refractivity (Wildman–Crippen MR) is 80.4 cm³/mol. The number of fused-ring (bicyclic) bond motifs is 2. The molecule has 3 atom stereocenters. The van der Waals surface area contributed by atoms with E-state index in [1.807, 2.05) is 14.1 Å². The predicted octanol–water partition coefficient (Wildman–Crippen LogP) is 1.45. The Hall–Kier alpha value is -1.35. The highest BCUT2D eigenvalue weighted by Crippen LogP contribution is 2.33. The summed E-state index contributed by atoms with van der Waals surface area (Å²) in [7, 11) is 3.66. The van der Waals surface area contributed by atoms with Crippen molar-refractivity contribution in [3.05, 3.63) is 0 Å². The van der Waals surface area contributed by atoms with Crippen LogP contribution in [0, 0.1) is 11.8 Å². The fourth-order valence-electron chi connectivity index (χ4n) is 2.99. The summed E-state index contributed by atoms with van der Waals surface area (Å²) < 4.78 is 37.6. The lowest BCUT2D eigenvalue weighted by molar-refractivity contribution is -0.192. The third-order valence-electron chi connectivity index (χ3n) is 3.86. The van der Waals surface area contributed by atoms with E-state index < -0.39 is 12.1 Å². The molecular weight excluding hydrogens is 329 g/mol. The molecule has 0 spiro atoms. The summed E-state index contributed by atoms with van der Waals surface area (Å²) in [6.07, 6.45) is -3.81. The zero-order valence-corrected chi connectivity index (χ0v) is 14.3. The fourth-order valence-corrected chi connectivity index (χ4v) is 2.99. The number of carbonyl (C=O) groups is 2. The lowest BCUT2D eigenvalue weighted by Gasteiger charge is -2.33. The van der Waals surface area contributed by atoms with Crippen molar-refractivity contribution in [2.24, 2.45) is 11.8 Å². The average molecular weight is 354 g/mol. The number of rotatable bonds is 3. The summed E-state index contributed by atoms with van der Waals surface area (Å²) in [5.74, 6) is -1.78. The molecule has 1 amide bonds. The Bertz CT molecular complexity index is 454. The van der Waals surface area contributed by atoms with Gasteiger partial charge in [-0.05, 0) is 12.3 Å². The molecule has 2 bridgehead atoms. The first kappa shape index (κ1) is 20.7. The highest BCUT2D eigenvalue weighted by molar-refractivity contribution is 5.79. The van der Waals surface area contributed by atoms with Crippen LogP contribution >= 0.6 is 0 Å². The van der Waals surface area contributed by atoms with Crippen molar-refractivity contribution >= 4 is 11.9 Å². The van der Waals surface area contributed by atoms with Crippen molar-refractivity contribution in [2.75, 3.05) is 33.7 Å². The van der Waals surface area contributed by atoms with Gasteiger partial charge in [0.25, 0.3) is 0 Å². The maximum atomic E-state index is 12.0. The van der Waals surface area contributed by atoms with E-state index in [0.29, 0.717) is 5.92 Å². The van der Waals surface area contributed by atoms with Gasteiger partial charge in [-0.2, -0.15) is 13.2 Å². The summed E-state index contributed by atoms with van der Waals surface area (Å²) in [5, 5.41) is 7.12. The number of aliphatic carboxylic acids is 1. The van der Waals surface area contributed by atoms with E-state index in [-0.39, 0.29) is 24.0 Å². The lowest BCUT2D eigenvalue weighted by atomic mass is 9.99. The van der Waals surface area contributed by atoms with E-state index in [1.165, 1.54) is 0 Å². The summed E-state index contributed by atoms with van der Waals surface area (Å²) in [4.78, 5) is 25.1. The van der Waals surface area contributed by atoms with Crippen LogP contribution in [-0.2, 0) is 14.3 Å². The second kappa shape index (κ2) is 8.15. The molecule has 9 heteroatoms. The first-order chi connectivity index (χ1) is 10.9. The van der Waals surface area contributed by atoms with Crippen LogP contribution in [-0.4, -0.2) is 78.9 Å². The zero-order valence-electron chi connectivity index (χ0n) is 14.3. The monoisotopic (exact) mass is 354 g/mol. The number of nitrogens with zero attached hydrogens (tertiary/aromatic N) is 2. The van der Waals surface area contributed by atoms with E-state index >= 15 is 0 Å². The van der Waals surface area contributed by atoms with Crippen molar-refractivity contribution in [2.45, 2.75) is 38.7 Å². The Morgan fingerprint density at radius 2 is 1.83 bits per heavy atom. The van der Waals surface area contributed by atoms with E-state index in [1.54, 1.807) is 4.90 Å². The smallest absolute Gasteiger partial charge is 0.475 e. The second-order valence-corrected chi connectivity index (χ2v) is 6.79. The maximum absolute atomic E-state index is 12.0. The Morgan fingerprint density at radius 3 is 2.25 bits per heavy atom. The van der Waals surface area contributed by atoms with Gasteiger partial charge in [0.15, 0.2) is 0 Å². The lowest BCUT2D eigenvalue weighted by Crippen LogP contribution is -2.46. The maximum Gasteiger partial charge on any atom is 0.490 e. The molecule has 0 radical (unpaired) electrons. The largest absolute Gasteiger partial charge is 0.490 e. The number of carbonyl (C=O) groups excluding carboxylic acids is 1. The van der Waals surface area contributed by atoms with Gasteiger partial charge in [0.2, 0.25) is 5.91 Å². The van der Waals surface area contributed by atoms with Crippen LogP contribution in [0.4, 0.5) is 13.2 Å². The third-order valence-corrected chi connectivity index (χ3v) is 3.86. The SMILES string of the molecule is CC(C)CN1C[C@H]2C[C@H](C(=O)N(C)C)[C@@H](C1)O2.O=C(O)C(F)(F)F. The number of carboxylic acids is 1. The number of hydrogen-bond donors (Lipinski definition) is 1. The van der Waals surface area contributed by atoms with Crippen molar-refractivity contribution < 1.29 is 32.6 Å². The number of ether oxygens (including phenoxy) is 1. The second-order valence-electron chi connectivity index (χ2n) is 6.79. The Morgan fingerprint density at radius 1 is 1.29 bits per heavy atom. The number of halogens is 3. The van der Waals surface area contributed by atoms with Crippen molar-refractivity contribution in [3.8, 4) is 0 Å². The quantitative estimate of drug-likeness (QED) is 0.831. The van der Waals surface area contributed by atoms with Gasteiger partial charge in [-0.1, -0.05) is 13.8 Å². The minimum Gasteiger partial charge on any atom is -0.475 e. The van der Waals surface area contributed by atoms with Gasteiger partial charge in [-0.25, -0.2) is 4.79 Å². The normalized spacial score (nSPS) is 26.8.